The minimum Gasteiger partial charge on any atom is -0.487 e. The Hall–Kier alpha value is -2.44. The molecule has 2 heterocycles. The van der Waals surface area contributed by atoms with Gasteiger partial charge in [0.25, 0.3) is 0 Å². The predicted molar refractivity (Wildman–Crippen MR) is 130 cm³/mol. The van der Waals surface area contributed by atoms with Gasteiger partial charge < -0.3 is 24.6 Å². The number of hydrogen-bond donors (Lipinski definition) is 1. The Morgan fingerprint density at radius 1 is 1.18 bits per heavy atom. The van der Waals surface area contributed by atoms with Crippen LogP contribution in [0.5, 0.6) is 5.75 Å². The van der Waals surface area contributed by atoms with E-state index in [1.165, 1.54) is 5.56 Å². The second-order valence-electron chi connectivity index (χ2n) is 10.2. The molecule has 1 aromatic rings. The van der Waals surface area contributed by atoms with Crippen LogP contribution in [0, 0.1) is 0 Å². The molecule has 33 heavy (non-hydrogen) atoms. The summed E-state index contributed by atoms with van der Waals surface area (Å²) in [6, 6.07) is 8.33. The fourth-order valence-corrected chi connectivity index (χ4v) is 4.90. The van der Waals surface area contributed by atoms with Crippen molar-refractivity contribution in [2.45, 2.75) is 83.8 Å². The van der Waals surface area contributed by atoms with Crippen LogP contribution in [0.4, 0.5) is 9.59 Å². The van der Waals surface area contributed by atoms with Gasteiger partial charge >= 0.3 is 12.1 Å². The summed E-state index contributed by atoms with van der Waals surface area (Å²) in [6.07, 6.45) is 4.22. The number of ether oxygens (including phenoxy) is 2. The zero-order valence-corrected chi connectivity index (χ0v) is 21.0. The number of carbonyl (C=O) groups is 2. The third kappa shape index (κ3) is 6.55. The molecule has 1 N–H and O–H groups in total. The van der Waals surface area contributed by atoms with Crippen molar-refractivity contribution in [3.05, 3.63) is 29.8 Å². The van der Waals surface area contributed by atoms with Crippen LogP contribution in [0.3, 0.4) is 0 Å². The van der Waals surface area contributed by atoms with Crippen LogP contribution >= 0.6 is 0 Å². The number of piperidine rings is 1. The molecular formula is C26H41N3O4. The van der Waals surface area contributed by atoms with Crippen LogP contribution in [0.25, 0.3) is 0 Å². The number of amides is 3. The number of nitrogens with one attached hydrogen (secondary N) is 1. The number of urea groups is 1. The number of benzene rings is 1. The molecule has 1 atom stereocenters. The third-order valence-corrected chi connectivity index (χ3v) is 6.69. The maximum absolute atomic E-state index is 12.5. The van der Waals surface area contributed by atoms with E-state index in [2.05, 4.69) is 23.5 Å². The summed E-state index contributed by atoms with van der Waals surface area (Å²) in [5, 5.41) is 3.05. The summed E-state index contributed by atoms with van der Waals surface area (Å²) in [5.41, 5.74) is 0.521. The van der Waals surface area contributed by atoms with Crippen molar-refractivity contribution in [2.24, 2.45) is 0 Å². The maximum Gasteiger partial charge on any atom is 0.410 e. The van der Waals surface area contributed by atoms with Crippen LogP contribution < -0.4 is 10.1 Å². The van der Waals surface area contributed by atoms with Gasteiger partial charge in [-0.15, -0.1) is 0 Å². The van der Waals surface area contributed by atoms with E-state index in [0.717, 1.165) is 50.9 Å². The van der Waals surface area contributed by atoms with Gasteiger partial charge in [-0.2, -0.15) is 0 Å². The Morgan fingerprint density at radius 2 is 1.85 bits per heavy atom. The van der Waals surface area contributed by atoms with Crippen molar-refractivity contribution >= 4 is 12.1 Å². The molecule has 0 saturated carbocycles. The zero-order chi connectivity index (χ0) is 24.1. The molecule has 1 unspecified atom stereocenters. The van der Waals surface area contributed by atoms with Gasteiger partial charge in [-0.1, -0.05) is 18.2 Å². The fourth-order valence-electron chi connectivity index (χ4n) is 4.90. The normalized spacial score (nSPS) is 19.4. The van der Waals surface area contributed by atoms with Crippen molar-refractivity contribution < 1.29 is 19.1 Å². The summed E-state index contributed by atoms with van der Waals surface area (Å²) in [5.74, 6) is 1.35. The Bertz CT molecular complexity index is 808. The molecule has 184 valence electrons. The van der Waals surface area contributed by atoms with Crippen molar-refractivity contribution in [3.8, 4) is 5.75 Å². The highest BCUT2D eigenvalue weighted by Gasteiger charge is 2.44. The van der Waals surface area contributed by atoms with Crippen LogP contribution in [-0.4, -0.2) is 65.9 Å². The first-order valence-electron chi connectivity index (χ1n) is 12.4. The second kappa shape index (κ2) is 10.7. The predicted octanol–water partition coefficient (Wildman–Crippen LogP) is 5.15. The van der Waals surface area contributed by atoms with Crippen molar-refractivity contribution in [1.29, 1.82) is 0 Å². The minimum absolute atomic E-state index is 0.0124. The molecule has 1 fully saturated rings. The van der Waals surface area contributed by atoms with E-state index < -0.39 is 5.60 Å². The molecule has 1 aromatic carbocycles. The van der Waals surface area contributed by atoms with E-state index in [9.17, 15) is 9.59 Å². The van der Waals surface area contributed by atoms with E-state index >= 15 is 0 Å². The van der Waals surface area contributed by atoms with Gasteiger partial charge in [-0.05, 0) is 71.4 Å². The smallest absolute Gasteiger partial charge is 0.410 e. The Balaban J connectivity index is 1.59. The number of hydrogen-bond acceptors (Lipinski definition) is 4. The molecule has 1 spiro atoms. The number of likely N-dealkylation sites (tertiary alicyclic amines) is 1. The van der Waals surface area contributed by atoms with Crippen LogP contribution in [-0.2, 0) is 4.74 Å². The highest BCUT2D eigenvalue weighted by molar-refractivity contribution is 5.74. The van der Waals surface area contributed by atoms with E-state index in [-0.39, 0.29) is 17.7 Å². The number of carbonyl (C=O) groups excluding carboxylic acids is 2. The standard InChI is InChI=1S/C26H41N3O4/c1-6-28(7-2)23(30)27-16-10-11-20-19-26(32-22-13-9-8-12-21(20)22)14-17-29(18-15-26)24(31)33-25(3,4)5/h8-9,12-13,20H,6-7,10-11,14-19H2,1-5H3,(H,27,30). The lowest BCUT2D eigenvalue weighted by molar-refractivity contribution is -0.0330. The first-order chi connectivity index (χ1) is 15.7. The summed E-state index contributed by atoms with van der Waals surface area (Å²) >= 11 is 0. The van der Waals surface area contributed by atoms with Gasteiger partial charge in [-0.3, -0.25) is 0 Å². The molecule has 0 aromatic heterocycles. The van der Waals surface area contributed by atoms with Crippen LogP contribution in [0.1, 0.15) is 78.2 Å². The zero-order valence-electron chi connectivity index (χ0n) is 21.0. The Labute approximate surface area is 198 Å². The van der Waals surface area contributed by atoms with Gasteiger partial charge in [0.2, 0.25) is 0 Å². The fraction of sp³-hybridized carbons (Fsp3) is 0.692. The highest BCUT2D eigenvalue weighted by atomic mass is 16.6. The van der Waals surface area contributed by atoms with E-state index in [0.29, 0.717) is 25.6 Å². The van der Waals surface area contributed by atoms with Crippen molar-refractivity contribution in [2.75, 3.05) is 32.7 Å². The molecule has 0 radical (unpaired) electrons. The quantitative estimate of drug-likeness (QED) is 0.597. The number of rotatable bonds is 6. The highest BCUT2D eigenvalue weighted by Crippen LogP contribution is 2.46. The van der Waals surface area contributed by atoms with Gasteiger partial charge in [0.15, 0.2) is 0 Å². The van der Waals surface area contributed by atoms with Gasteiger partial charge in [0.05, 0.1) is 0 Å². The lowest BCUT2D eigenvalue weighted by Gasteiger charge is -2.47. The van der Waals surface area contributed by atoms with E-state index in [1.807, 2.05) is 40.7 Å². The molecule has 7 heteroatoms. The van der Waals surface area contributed by atoms with Crippen molar-refractivity contribution in [3.63, 3.8) is 0 Å². The molecule has 1 saturated heterocycles. The number of nitrogens with zero attached hydrogens (tertiary/aromatic N) is 2. The third-order valence-electron chi connectivity index (χ3n) is 6.69. The monoisotopic (exact) mass is 459 g/mol. The van der Waals surface area contributed by atoms with E-state index in [4.69, 9.17) is 9.47 Å². The SMILES string of the molecule is CCN(CC)C(=O)NCCCC1CC2(CCN(C(=O)OC(C)(C)C)CC2)Oc2ccccc21. The summed E-state index contributed by atoms with van der Waals surface area (Å²) in [4.78, 5) is 28.3. The molecule has 3 amide bonds. The lowest BCUT2D eigenvalue weighted by Crippen LogP contribution is -2.52. The van der Waals surface area contributed by atoms with Crippen LogP contribution in [0.15, 0.2) is 24.3 Å². The molecule has 0 bridgehead atoms. The van der Waals surface area contributed by atoms with E-state index in [1.54, 1.807) is 9.80 Å². The van der Waals surface area contributed by atoms with Gasteiger partial charge in [-0.25, -0.2) is 9.59 Å². The van der Waals surface area contributed by atoms with Gasteiger partial charge in [0, 0.05) is 45.6 Å². The Kier molecular flexibility index (Phi) is 8.14. The van der Waals surface area contributed by atoms with Crippen molar-refractivity contribution in [1.82, 2.24) is 15.1 Å². The molecular weight excluding hydrogens is 418 g/mol. The number of para-hydroxylation sites is 1. The average molecular weight is 460 g/mol. The first kappa shape index (κ1) is 25.2. The molecule has 2 aliphatic rings. The first-order valence-corrected chi connectivity index (χ1v) is 12.4. The summed E-state index contributed by atoms with van der Waals surface area (Å²) in [7, 11) is 0. The minimum atomic E-state index is -0.488. The lowest BCUT2D eigenvalue weighted by atomic mass is 9.76. The summed E-state index contributed by atoms with van der Waals surface area (Å²) < 4.78 is 12.1. The largest absolute Gasteiger partial charge is 0.487 e. The molecule has 7 nitrogen and oxygen atoms in total. The maximum atomic E-state index is 12.5. The topological polar surface area (TPSA) is 71.1 Å². The molecule has 2 aliphatic heterocycles. The van der Waals surface area contributed by atoms with Gasteiger partial charge in [0.1, 0.15) is 17.0 Å². The summed E-state index contributed by atoms with van der Waals surface area (Å²) in [6.45, 7) is 13.1. The second-order valence-corrected chi connectivity index (χ2v) is 10.2. The molecule has 0 aliphatic carbocycles. The van der Waals surface area contributed by atoms with Crippen LogP contribution in [0.2, 0.25) is 0 Å². The molecule has 3 rings (SSSR count). The number of fused-ring (bicyclic) bond motifs is 1. The Morgan fingerprint density at radius 3 is 2.48 bits per heavy atom. The average Bonchev–Trinajstić information content (AvgIpc) is 2.76.